The highest BCUT2D eigenvalue weighted by molar-refractivity contribution is 5.93. The molecule has 0 fully saturated rings. The van der Waals surface area contributed by atoms with E-state index >= 15 is 0 Å². The van der Waals surface area contributed by atoms with Crippen molar-refractivity contribution in [3.05, 3.63) is 77.1 Å². The van der Waals surface area contributed by atoms with E-state index in [1.807, 2.05) is 73.3 Å². The fraction of sp³-hybridized carbons (Fsp3) is 0.304. The number of benzene rings is 2. The van der Waals surface area contributed by atoms with Crippen molar-refractivity contribution >= 4 is 5.91 Å². The fourth-order valence-corrected chi connectivity index (χ4v) is 3.83. The topological polar surface area (TPSA) is 56.6 Å². The molecule has 0 unspecified atom stereocenters. The summed E-state index contributed by atoms with van der Waals surface area (Å²) in [7, 11) is 1.67. The molecule has 0 radical (unpaired) electrons. The molecule has 2 aromatic carbocycles. The molecule has 6 nitrogen and oxygen atoms in total. The number of methoxy groups -OCH3 is 1. The summed E-state index contributed by atoms with van der Waals surface area (Å²) in [5, 5.41) is 4.55. The molecule has 150 valence electrons. The van der Waals surface area contributed by atoms with Crippen LogP contribution < -0.4 is 9.47 Å². The maximum Gasteiger partial charge on any atom is 0.272 e. The molecule has 3 aromatic rings. The number of hydrogen-bond donors (Lipinski definition) is 0. The average molecular weight is 391 g/mol. The quantitative estimate of drug-likeness (QED) is 0.637. The molecule has 0 saturated heterocycles. The Morgan fingerprint density at radius 1 is 1.10 bits per heavy atom. The van der Waals surface area contributed by atoms with Crippen LogP contribution in [0.1, 0.15) is 40.3 Å². The molecule has 1 aliphatic rings. The molecule has 4 rings (SSSR count). The fourth-order valence-electron chi connectivity index (χ4n) is 3.83. The zero-order valence-corrected chi connectivity index (χ0v) is 17.0. The highest BCUT2D eigenvalue weighted by Crippen LogP contribution is 2.33. The molecule has 0 saturated carbocycles. The Labute approximate surface area is 170 Å². The van der Waals surface area contributed by atoms with Crippen molar-refractivity contribution in [2.75, 3.05) is 13.7 Å². The first-order chi connectivity index (χ1) is 14.1. The van der Waals surface area contributed by atoms with Crippen LogP contribution in [0.15, 0.2) is 54.6 Å². The van der Waals surface area contributed by atoms with Gasteiger partial charge in [-0.25, -0.2) is 0 Å². The van der Waals surface area contributed by atoms with E-state index in [0.29, 0.717) is 25.4 Å². The van der Waals surface area contributed by atoms with E-state index in [4.69, 9.17) is 9.47 Å². The molecule has 0 spiro atoms. The number of nitrogens with zero attached hydrogens (tertiary/aromatic N) is 3. The predicted molar refractivity (Wildman–Crippen MR) is 110 cm³/mol. The number of carbonyl (C=O) groups excluding carboxylic acids is 1. The Balaban J connectivity index is 1.53. The largest absolute Gasteiger partial charge is 0.496 e. The van der Waals surface area contributed by atoms with Crippen LogP contribution in [0, 0.1) is 6.92 Å². The van der Waals surface area contributed by atoms with Gasteiger partial charge >= 0.3 is 0 Å². The summed E-state index contributed by atoms with van der Waals surface area (Å²) in [6.45, 7) is 5.65. The molecule has 6 heteroatoms. The standard InChI is InChI=1S/C23H25N3O3/c1-16-8-7-11-20(22(16)28-3)17(2)25-12-13-26-21(23(25)27)14-18(24-26)15-29-19-9-5-4-6-10-19/h4-11,14,17H,12-13,15H2,1-3H3/t17-/m1/s1. The Morgan fingerprint density at radius 2 is 1.90 bits per heavy atom. The van der Waals surface area contributed by atoms with E-state index in [1.165, 1.54) is 0 Å². The third kappa shape index (κ3) is 3.70. The number of hydrogen-bond acceptors (Lipinski definition) is 4. The molecule has 1 aromatic heterocycles. The van der Waals surface area contributed by atoms with Crippen molar-refractivity contribution in [2.24, 2.45) is 0 Å². The van der Waals surface area contributed by atoms with Gasteiger partial charge in [-0.05, 0) is 37.6 Å². The number of rotatable bonds is 6. The van der Waals surface area contributed by atoms with E-state index < -0.39 is 0 Å². The van der Waals surface area contributed by atoms with Crippen LogP contribution in [-0.2, 0) is 13.2 Å². The third-order valence-corrected chi connectivity index (χ3v) is 5.36. The van der Waals surface area contributed by atoms with E-state index in [9.17, 15) is 4.79 Å². The lowest BCUT2D eigenvalue weighted by molar-refractivity contribution is 0.0622. The number of aryl methyl sites for hydroxylation is 1. The lowest BCUT2D eigenvalue weighted by Crippen LogP contribution is -2.41. The maximum atomic E-state index is 13.2. The summed E-state index contributed by atoms with van der Waals surface area (Å²) in [6.07, 6.45) is 0. The van der Waals surface area contributed by atoms with Gasteiger partial charge in [0.25, 0.3) is 5.91 Å². The van der Waals surface area contributed by atoms with Gasteiger partial charge < -0.3 is 14.4 Å². The van der Waals surface area contributed by atoms with Gasteiger partial charge in [-0.1, -0.05) is 36.4 Å². The molecular formula is C23H25N3O3. The molecule has 29 heavy (non-hydrogen) atoms. The van der Waals surface area contributed by atoms with E-state index in [1.54, 1.807) is 11.8 Å². The monoisotopic (exact) mass is 391 g/mol. The summed E-state index contributed by atoms with van der Waals surface area (Å²) in [5.74, 6) is 1.60. The zero-order chi connectivity index (χ0) is 20.4. The second-order valence-corrected chi connectivity index (χ2v) is 7.22. The predicted octanol–water partition coefficient (Wildman–Crippen LogP) is 4.00. The lowest BCUT2D eigenvalue weighted by atomic mass is 10.0. The molecule has 0 aliphatic carbocycles. The Hall–Kier alpha value is -3.28. The molecule has 1 amide bonds. The van der Waals surface area contributed by atoms with Gasteiger partial charge in [0.05, 0.1) is 19.7 Å². The van der Waals surface area contributed by atoms with Crippen molar-refractivity contribution in [3.8, 4) is 11.5 Å². The zero-order valence-electron chi connectivity index (χ0n) is 17.0. The van der Waals surface area contributed by atoms with Gasteiger partial charge in [0.2, 0.25) is 0 Å². The summed E-state index contributed by atoms with van der Waals surface area (Å²) < 4.78 is 13.2. The van der Waals surface area contributed by atoms with Crippen LogP contribution in [0.25, 0.3) is 0 Å². The Morgan fingerprint density at radius 3 is 2.66 bits per heavy atom. The van der Waals surface area contributed by atoms with Crippen LogP contribution in [0.5, 0.6) is 11.5 Å². The summed E-state index contributed by atoms with van der Waals surface area (Å²) in [6, 6.07) is 17.4. The molecule has 0 N–H and O–H groups in total. The second kappa shape index (κ2) is 7.99. The average Bonchev–Trinajstić information content (AvgIpc) is 3.17. The van der Waals surface area contributed by atoms with Crippen molar-refractivity contribution in [1.82, 2.24) is 14.7 Å². The number of amides is 1. The van der Waals surface area contributed by atoms with Gasteiger partial charge in [0.15, 0.2) is 0 Å². The number of para-hydroxylation sites is 2. The number of fused-ring (bicyclic) bond motifs is 1. The number of ether oxygens (including phenoxy) is 2. The van der Waals surface area contributed by atoms with Crippen LogP contribution >= 0.6 is 0 Å². The van der Waals surface area contributed by atoms with Gasteiger partial charge in [-0.15, -0.1) is 0 Å². The van der Waals surface area contributed by atoms with Crippen LogP contribution in [0.3, 0.4) is 0 Å². The first kappa shape index (κ1) is 19.1. The first-order valence-electron chi connectivity index (χ1n) is 9.77. The minimum absolute atomic E-state index is 0.0224. The van der Waals surface area contributed by atoms with Crippen LogP contribution in [0.2, 0.25) is 0 Å². The number of aromatic nitrogens is 2. The second-order valence-electron chi connectivity index (χ2n) is 7.22. The van der Waals surface area contributed by atoms with Crippen molar-refractivity contribution in [3.63, 3.8) is 0 Å². The number of carbonyl (C=O) groups is 1. The highest BCUT2D eigenvalue weighted by atomic mass is 16.5. The summed E-state index contributed by atoms with van der Waals surface area (Å²) in [5.41, 5.74) is 3.43. The third-order valence-electron chi connectivity index (χ3n) is 5.36. The van der Waals surface area contributed by atoms with Crippen molar-refractivity contribution < 1.29 is 14.3 Å². The van der Waals surface area contributed by atoms with Crippen molar-refractivity contribution in [2.45, 2.75) is 33.0 Å². The Kier molecular flexibility index (Phi) is 5.25. The van der Waals surface area contributed by atoms with Gasteiger partial charge in [0.1, 0.15) is 29.5 Å². The molecular weight excluding hydrogens is 366 g/mol. The Bertz CT molecular complexity index is 1010. The van der Waals surface area contributed by atoms with E-state index in [-0.39, 0.29) is 11.9 Å². The molecule has 1 aliphatic heterocycles. The van der Waals surface area contributed by atoms with Crippen LogP contribution in [-0.4, -0.2) is 34.2 Å². The van der Waals surface area contributed by atoms with E-state index in [0.717, 1.165) is 28.3 Å². The first-order valence-corrected chi connectivity index (χ1v) is 9.77. The normalized spacial score (nSPS) is 14.4. The minimum Gasteiger partial charge on any atom is -0.496 e. The van der Waals surface area contributed by atoms with Crippen molar-refractivity contribution in [1.29, 1.82) is 0 Å². The SMILES string of the molecule is COc1c(C)cccc1[C@@H](C)N1CCn2nc(COc3ccccc3)cc2C1=O. The molecule has 0 bridgehead atoms. The van der Waals surface area contributed by atoms with Crippen LogP contribution in [0.4, 0.5) is 0 Å². The lowest BCUT2D eigenvalue weighted by Gasteiger charge is -2.33. The van der Waals surface area contributed by atoms with Gasteiger partial charge in [0, 0.05) is 12.1 Å². The van der Waals surface area contributed by atoms with Gasteiger partial charge in [-0.2, -0.15) is 5.10 Å². The maximum absolute atomic E-state index is 13.2. The molecule has 2 heterocycles. The molecule has 1 atom stereocenters. The minimum atomic E-state index is -0.0926. The smallest absolute Gasteiger partial charge is 0.272 e. The summed E-state index contributed by atoms with van der Waals surface area (Å²) in [4.78, 5) is 15.1. The highest BCUT2D eigenvalue weighted by Gasteiger charge is 2.31. The van der Waals surface area contributed by atoms with Gasteiger partial charge in [-0.3, -0.25) is 9.48 Å². The van der Waals surface area contributed by atoms with E-state index in [2.05, 4.69) is 5.10 Å². The summed E-state index contributed by atoms with van der Waals surface area (Å²) >= 11 is 0.